The van der Waals surface area contributed by atoms with E-state index in [-0.39, 0.29) is 10.7 Å². The summed E-state index contributed by atoms with van der Waals surface area (Å²) in [6.07, 6.45) is 0.915. The van der Waals surface area contributed by atoms with Crippen LogP contribution in [0.15, 0.2) is 47.4 Å². The molecule has 0 radical (unpaired) electrons. The molecule has 0 N–H and O–H groups in total. The van der Waals surface area contributed by atoms with Gasteiger partial charge >= 0.3 is 0 Å². The fraction of sp³-hybridized carbons (Fsp3) is 0.520. The van der Waals surface area contributed by atoms with E-state index in [4.69, 9.17) is 14.2 Å². The first-order chi connectivity index (χ1) is 16.9. The normalized spacial score (nSPS) is 24.0. The Morgan fingerprint density at radius 1 is 1.06 bits per heavy atom. The van der Waals surface area contributed by atoms with E-state index in [1.54, 1.807) is 34.6 Å². The zero-order chi connectivity index (χ0) is 24.6. The molecule has 0 aromatic heterocycles. The summed E-state index contributed by atoms with van der Waals surface area (Å²) in [4.78, 5) is 4.51. The lowest BCUT2D eigenvalue weighted by atomic mass is 9.98. The zero-order valence-corrected chi connectivity index (χ0v) is 21.0. The lowest BCUT2D eigenvalue weighted by Gasteiger charge is -2.52. The average Bonchev–Trinajstić information content (AvgIpc) is 3.36. The number of anilines is 1. The van der Waals surface area contributed by atoms with Crippen LogP contribution in [0.3, 0.4) is 0 Å². The quantitative estimate of drug-likeness (QED) is 0.598. The summed E-state index contributed by atoms with van der Waals surface area (Å²) < 4.78 is 61.2. The summed E-state index contributed by atoms with van der Waals surface area (Å²) in [5.41, 5.74) is 1.39. The minimum absolute atomic E-state index is 0.177. The van der Waals surface area contributed by atoms with Gasteiger partial charge in [0, 0.05) is 38.4 Å². The van der Waals surface area contributed by atoms with Crippen LogP contribution in [-0.2, 0) is 25.3 Å². The highest BCUT2D eigenvalue weighted by atomic mass is 32.2. The fourth-order valence-electron chi connectivity index (χ4n) is 5.39. The van der Waals surface area contributed by atoms with E-state index >= 15 is 0 Å². The molecule has 35 heavy (non-hydrogen) atoms. The maximum atomic E-state index is 14.0. The van der Waals surface area contributed by atoms with Crippen molar-refractivity contribution in [1.82, 2.24) is 9.21 Å². The lowest BCUT2D eigenvalue weighted by molar-refractivity contribution is -0.242. The number of rotatable bonds is 6. The van der Waals surface area contributed by atoms with Gasteiger partial charge in [-0.25, -0.2) is 12.8 Å². The molecule has 8 nitrogen and oxygen atoms in total. The minimum atomic E-state index is -3.82. The Kier molecular flexibility index (Phi) is 6.75. The Bertz CT molecular complexity index is 1150. The van der Waals surface area contributed by atoms with Gasteiger partial charge in [0.25, 0.3) is 0 Å². The van der Waals surface area contributed by atoms with E-state index < -0.39 is 22.0 Å². The van der Waals surface area contributed by atoms with E-state index in [9.17, 15) is 12.8 Å². The van der Waals surface area contributed by atoms with Crippen molar-refractivity contribution in [2.75, 3.05) is 57.9 Å². The van der Waals surface area contributed by atoms with Gasteiger partial charge in [-0.2, -0.15) is 4.31 Å². The van der Waals surface area contributed by atoms with E-state index in [1.807, 2.05) is 6.92 Å². The second kappa shape index (κ2) is 9.67. The van der Waals surface area contributed by atoms with E-state index in [0.29, 0.717) is 57.3 Å². The predicted molar refractivity (Wildman–Crippen MR) is 129 cm³/mol. The molecule has 1 spiro atoms. The van der Waals surface area contributed by atoms with Crippen LogP contribution in [0.5, 0.6) is 5.75 Å². The van der Waals surface area contributed by atoms with E-state index in [0.717, 1.165) is 18.5 Å². The molecule has 0 bridgehead atoms. The number of ether oxygens (including phenoxy) is 3. The Balaban J connectivity index is 1.55. The van der Waals surface area contributed by atoms with Gasteiger partial charge in [0.1, 0.15) is 17.7 Å². The van der Waals surface area contributed by atoms with Gasteiger partial charge < -0.3 is 19.1 Å². The van der Waals surface area contributed by atoms with Crippen molar-refractivity contribution < 1.29 is 27.0 Å². The number of fused-ring (bicyclic) bond motifs is 2. The Morgan fingerprint density at radius 3 is 2.37 bits per heavy atom. The number of nitrogens with zero attached hydrogens (tertiary/aromatic N) is 3. The number of hydrogen-bond acceptors (Lipinski definition) is 7. The highest BCUT2D eigenvalue weighted by Gasteiger charge is 2.61. The summed E-state index contributed by atoms with van der Waals surface area (Å²) in [7, 11) is -2.29. The minimum Gasteiger partial charge on any atom is -0.496 e. The molecule has 2 aromatic carbocycles. The molecular formula is C25H32FN3O5S. The number of hydrogen-bond donors (Lipinski definition) is 0. The average molecular weight is 506 g/mol. The maximum Gasteiger partial charge on any atom is 0.245 e. The third kappa shape index (κ3) is 4.11. The summed E-state index contributed by atoms with van der Waals surface area (Å²) in [5, 5.41) is 0. The SMILES string of the molecule is CCCCN1C(N2CCN(c3ccc(F)cc3)CC2)C2(OCCO2)c2c(OC)cccc2S1(=O)=O. The molecule has 10 heteroatoms. The van der Waals surface area contributed by atoms with Crippen molar-refractivity contribution >= 4 is 15.7 Å². The third-order valence-corrected chi connectivity index (χ3v) is 8.95. The molecule has 3 aliphatic rings. The van der Waals surface area contributed by atoms with Gasteiger partial charge in [0.05, 0.1) is 30.8 Å². The monoisotopic (exact) mass is 505 g/mol. The molecule has 0 aliphatic carbocycles. The van der Waals surface area contributed by atoms with Crippen molar-refractivity contribution in [3.05, 3.63) is 53.8 Å². The molecule has 190 valence electrons. The molecule has 2 saturated heterocycles. The molecule has 3 aliphatic heterocycles. The van der Waals surface area contributed by atoms with Crippen molar-refractivity contribution in [1.29, 1.82) is 0 Å². The smallest absolute Gasteiger partial charge is 0.245 e. The highest BCUT2D eigenvalue weighted by molar-refractivity contribution is 7.89. The molecule has 0 amide bonds. The summed E-state index contributed by atoms with van der Waals surface area (Å²) in [6, 6.07) is 11.5. The molecule has 1 atom stereocenters. The van der Waals surface area contributed by atoms with Crippen LogP contribution < -0.4 is 9.64 Å². The number of sulfonamides is 1. The topological polar surface area (TPSA) is 71.6 Å². The third-order valence-electron chi connectivity index (χ3n) is 7.06. The van der Waals surface area contributed by atoms with Crippen LogP contribution in [0.1, 0.15) is 25.3 Å². The van der Waals surface area contributed by atoms with Gasteiger partial charge in [0.2, 0.25) is 15.8 Å². The predicted octanol–water partition coefficient (Wildman–Crippen LogP) is 2.99. The van der Waals surface area contributed by atoms with Crippen molar-refractivity contribution in [3.63, 3.8) is 0 Å². The van der Waals surface area contributed by atoms with Crippen molar-refractivity contribution in [3.8, 4) is 5.75 Å². The first kappa shape index (κ1) is 24.5. The fourth-order valence-corrected chi connectivity index (χ4v) is 7.30. The second-order valence-corrected chi connectivity index (χ2v) is 10.9. The number of methoxy groups -OCH3 is 1. The van der Waals surface area contributed by atoms with E-state index in [2.05, 4.69) is 9.80 Å². The summed E-state index contributed by atoms with van der Waals surface area (Å²) in [5.74, 6) is -1.10. The van der Waals surface area contributed by atoms with Gasteiger partial charge in [0.15, 0.2) is 0 Å². The first-order valence-electron chi connectivity index (χ1n) is 12.1. The van der Waals surface area contributed by atoms with Gasteiger partial charge in [-0.05, 0) is 42.8 Å². The van der Waals surface area contributed by atoms with Crippen LogP contribution >= 0.6 is 0 Å². The van der Waals surface area contributed by atoms with Crippen LogP contribution in [0.25, 0.3) is 0 Å². The molecule has 5 rings (SSSR count). The lowest BCUT2D eigenvalue weighted by Crippen LogP contribution is -2.67. The summed E-state index contributed by atoms with van der Waals surface area (Å²) >= 11 is 0. The zero-order valence-electron chi connectivity index (χ0n) is 20.2. The number of benzene rings is 2. The number of halogens is 1. The van der Waals surface area contributed by atoms with Crippen molar-refractivity contribution in [2.24, 2.45) is 0 Å². The van der Waals surface area contributed by atoms with Gasteiger partial charge in [-0.1, -0.05) is 19.4 Å². The maximum absolute atomic E-state index is 14.0. The van der Waals surface area contributed by atoms with Crippen LogP contribution in [-0.4, -0.2) is 76.8 Å². The van der Waals surface area contributed by atoms with Crippen LogP contribution in [0, 0.1) is 5.82 Å². The Labute approximate surface area is 206 Å². The Hall–Kier alpha value is -2.24. The molecule has 2 fully saturated rings. The van der Waals surface area contributed by atoms with Gasteiger partial charge in [-0.15, -0.1) is 0 Å². The molecule has 1 unspecified atom stereocenters. The Morgan fingerprint density at radius 2 is 1.74 bits per heavy atom. The van der Waals surface area contributed by atoms with Crippen LogP contribution in [0.2, 0.25) is 0 Å². The van der Waals surface area contributed by atoms with E-state index in [1.165, 1.54) is 19.2 Å². The number of unbranched alkanes of at least 4 members (excludes halogenated alkanes) is 1. The standard InChI is InChI=1S/C25H32FN3O5S/c1-3-4-12-29-24(28-15-13-27(14-16-28)20-10-8-19(26)9-11-20)25(33-17-18-34-25)23-21(32-2)6-5-7-22(23)35(29,30)31/h5-11,24H,3-4,12-18H2,1-2H3. The first-order valence-corrected chi connectivity index (χ1v) is 13.6. The largest absolute Gasteiger partial charge is 0.496 e. The number of piperazine rings is 1. The molecule has 3 heterocycles. The van der Waals surface area contributed by atoms with Crippen LogP contribution in [0.4, 0.5) is 10.1 Å². The van der Waals surface area contributed by atoms with Crippen molar-refractivity contribution in [2.45, 2.75) is 36.6 Å². The molecular weight excluding hydrogens is 473 g/mol. The van der Waals surface area contributed by atoms with Gasteiger partial charge in [-0.3, -0.25) is 4.90 Å². The second-order valence-electron chi connectivity index (χ2n) is 9.04. The summed E-state index contributed by atoms with van der Waals surface area (Å²) in [6.45, 7) is 5.67. The molecule has 0 saturated carbocycles. The highest BCUT2D eigenvalue weighted by Crippen LogP contribution is 2.51. The molecule has 2 aromatic rings.